The lowest BCUT2D eigenvalue weighted by Crippen LogP contribution is -2.30. The monoisotopic (exact) mass is 530 g/mol. The van der Waals surface area contributed by atoms with Crippen LogP contribution in [-0.4, -0.2) is 44.3 Å². The average Bonchev–Trinajstić information content (AvgIpc) is 3.41. The predicted molar refractivity (Wildman–Crippen MR) is 139 cm³/mol. The van der Waals surface area contributed by atoms with Crippen molar-refractivity contribution in [2.75, 3.05) is 20.8 Å². The quantitative estimate of drug-likeness (QED) is 0.343. The highest BCUT2D eigenvalue weighted by molar-refractivity contribution is 8.26. The second kappa shape index (κ2) is 10.2. The van der Waals surface area contributed by atoms with Crippen LogP contribution in [-0.2, 0) is 21.2 Å². The fraction of sp³-hybridized carbons (Fsp3) is 0.167. The molecule has 1 aliphatic rings. The van der Waals surface area contributed by atoms with Crippen LogP contribution in [0.2, 0.25) is 0 Å². The van der Waals surface area contributed by atoms with Gasteiger partial charge in [0.25, 0.3) is 5.91 Å². The zero-order valence-corrected chi connectivity index (χ0v) is 21.3. The molecule has 182 valence electrons. The van der Waals surface area contributed by atoms with E-state index in [-0.39, 0.29) is 10.8 Å². The Balaban J connectivity index is 1.45. The number of methoxy groups -OCH3 is 2. The van der Waals surface area contributed by atoms with E-state index in [0.29, 0.717) is 50.8 Å². The maximum absolute atomic E-state index is 13.0. The van der Waals surface area contributed by atoms with Gasteiger partial charge in [0.1, 0.15) is 15.8 Å². The number of nitrogens with zero attached hydrogens (tertiary/aromatic N) is 1. The van der Waals surface area contributed by atoms with Crippen LogP contribution in [0.3, 0.4) is 0 Å². The van der Waals surface area contributed by atoms with Crippen molar-refractivity contribution < 1.29 is 27.1 Å². The number of carbonyl (C=O) groups excluding carboxylic acids is 1. The van der Waals surface area contributed by atoms with Gasteiger partial charge in [0, 0.05) is 18.2 Å². The molecule has 0 unspecified atom stereocenters. The fourth-order valence-corrected chi connectivity index (χ4v) is 5.30. The van der Waals surface area contributed by atoms with Gasteiger partial charge < -0.3 is 13.9 Å². The standard InChI is InChI=1S/C24H22N2O6S3/c1-30-20-9-3-15(13-21(20)31-2)11-12-26-23(27)22(34-24(26)33)14-17-6-10-19(32-17)16-4-7-18(8-5-16)35(25,28)29/h3-10,13-14H,11-12H2,1-2H3,(H2,25,28,29)/b22-14+. The lowest BCUT2D eigenvalue weighted by atomic mass is 10.1. The van der Waals surface area contributed by atoms with E-state index < -0.39 is 10.0 Å². The first-order valence-electron chi connectivity index (χ1n) is 10.4. The highest BCUT2D eigenvalue weighted by atomic mass is 32.2. The summed E-state index contributed by atoms with van der Waals surface area (Å²) in [5, 5.41) is 5.14. The molecule has 0 spiro atoms. The highest BCUT2D eigenvalue weighted by Crippen LogP contribution is 2.34. The Morgan fingerprint density at radius 1 is 1.06 bits per heavy atom. The van der Waals surface area contributed by atoms with Gasteiger partial charge >= 0.3 is 0 Å². The number of thiocarbonyl (C=S) groups is 1. The number of hydrogen-bond donors (Lipinski definition) is 1. The molecule has 0 bridgehead atoms. The Labute approximate surface area is 212 Å². The molecule has 3 aromatic rings. The number of benzene rings is 2. The van der Waals surface area contributed by atoms with Crippen LogP contribution in [0.4, 0.5) is 0 Å². The average molecular weight is 531 g/mol. The van der Waals surface area contributed by atoms with Crippen LogP contribution in [0, 0.1) is 0 Å². The molecular weight excluding hydrogens is 508 g/mol. The number of sulfonamides is 1. The van der Waals surface area contributed by atoms with Crippen molar-refractivity contribution in [3.8, 4) is 22.8 Å². The number of amides is 1. The summed E-state index contributed by atoms with van der Waals surface area (Å²) in [7, 11) is -0.611. The van der Waals surface area contributed by atoms with E-state index in [1.165, 1.54) is 23.9 Å². The lowest BCUT2D eigenvalue weighted by molar-refractivity contribution is -0.122. The first-order valence-corrected chi connectivity index (χ1v) is 13.2. The fourth-order valence-electron chi connectivity index (χ4n) is 3.49. The summed E-state index contributed by atoms with van der Waals surface area (Å²) in [5.41, 5.74) is 1.67. The smallest absolute Gasteiger partial charge is 0.266 e. The molecule has 1 aromatic heterocycles. The number of ether oxygens (including phenoxy) is 2. The Morgan fingerprint density at radius 2 is 1.77 bits per heavy atom. The molecule has 1 fully saturated rings. The third kappa shape index (κ3) is 5.59. The van der Waals surface area contributed by atoms with Crippen LogP contribution < -0.4 is 14.6 Å². The maximum atomic E-state index is 13.0. The van der Waals surface area contributed by atoms with Gasteiger partial charge in [-0.1, -0.05) is 30.0 Å². The second-order valence-electron chi connectivity index (χ2n) is 7.54. The molecule has 1 aliphatic heterocycles. The maximum Gasteiger partial charge on any atom is 0.266 e. The van der Waals surface area contributed by atoms with Crippen molar-refractivity contribution in [1.82, 2.24) is 4.90 Å². The summed E-state index contributed by atoms with van der Waals surface area (Å²) in [4.78, 5) is 15.0. The number of carbonyl (C=O) groups is 1. The molecule has 1 amide bonds. The van der Waals surface area contributed by atoms with E-state index in [0.717, 1.165) is 5.56 Å². The molecule has 2 heterocycles. The Bertz CT molecular complexity index is 1410. The van der Waals surface area contributed by atoms with Gasteiger partial charge in [0.05, 0.1) is 24.0 Å². The first kappa shape index (κ1) is 25.0. The summed E-state index contributed by atoms with van der Waals surface area (Å²) in [5.74, 6) is 2.10. The zero-order chi connectivity index (χ0) is 25.2. The van der Waals surface area contributed by atoms with Crippen LogP contribution in [0.5, 0.6) is 11.5 Å². The number of furan rings is 1. The van der Waals surface area contributed by atoms with Gasteiger partial charge in [-0.25, -0.2) is 13.6 Å². The van der Waals surface area contributed by atoms with Crippen molar-refractivity contribution in [1.29, 1.82) is 0 Å². The molecule has 0 radical (unpaired) electrons. The van der Waals surface area contributed by atoms with Crippen molar-refractivity contribution in [3.63, 3.8) is 0 Å². The summed E-state index contributed by atoms with van der Waals surface area (Å²) in [6, 6.07) is 15.2. The SMILES string of the molecule is COc1ccc(CCN2C(=O)/C(=C\c3ccc(-c4ccc(S(N)(=O)=O)cc4)o3)SC2=S)cc1OC. The van der Waals surface area contributed by atoms with Crippen LogP contribution in [0.1, 0.15) is 11.3 Å². The van der Waals surface area contributed by atoms with E-state index in [9.17, 15) is 13.2 Å². The van der Waals surface area contributed by atoms with E-state index in [2.05, 4.69) is 0 Å². The number of rotatable bonds is 8. The van der Waals surface area contributed by atoms with Crippen molar-refractivity contribution in [3.05, 3.63) is 70.8 Å². The summed E-state index contributed by atoms with van der Waals surface area (Å²) in [6.07, 6.45) is 2.25. The minimum absolute atomic E-state index is 0.0183. The Kier molecular flexibility index (Phi) is 7.31. The molecule has 35 heavy (non-hydrogen) atoms. The van der Waals surface area contributed by atoms with Gasteiger partial charge in [0.2, 0.25) is 10.0 Å². The molecule has 2 N–H and O–H groups in total. The third-order valence-corrected chi connectivity index (χ3v) is 7.62. The van der Waals surface area contributed by atoms with Gasteiger partial charge in [0.15, 0.2) is 11.5 Å². The van der Waals surface area contributed by atoms with Gasteiger partial charge in [-0.05, 0) is 60.5 Å². The number of hydrogen-bond acceptors (Lipinski definition) is 8. The Morgan fingerprint density at radius 3 is 2.43 bits per heavy atom. The molecule has 0 saturated carbocycles. The lowest BCUT2D eigenvalue weighted by Gasteiger charge is -2.15. The van der Waals surface area contributed by atoms with E-state index in [1.807, 2.05) is 18.2 Å². The van der Waals surface area contributed by atoms with Gasteiger partial charge in [-0.2, -0.15) is 0 Å². The summed E-state index contributed by atoms with van der Waals surface area (Å²) >= 11 is 6.65. The highest BCUT2D eigenvalue weighted by Gasteiger charge is 2.32. The number of primary sulfonamides is 1. The van der Waals surface area contributed by atoms with E-state index in [1.54, 1.807) is 49.5 Å². The number of nitrogens with two attached hydrogens (primary N) is 1. The molecule has 8 nitrogen and oxygen atoms in total. The molecule has 4 rings (SSSR count). The van der Waals surface area contributed by atoms with Crippen LogP contribution in [0.25, 0.3) is 17.4 Å². The minimum Gasteiger partial charge on any atom is -0.493 e. The van der Waals surface area contributed by atoms with Crippen molar-refractivity contribution in [2.45, 2.75) is 11.3 Å². The molecule has 0 aliphatic carbocycles. The molecule has 11 heteroatoms. The minimum atomic E-state index is -3.77. The molecule has 2 aromatic carbocycles. The number of thioether (sulfide) groups is 1. The second-order valence-corrected chi connectivity index (χ2v) is 10.8. The van der Waals surface area contributed by atoms with Crippen LogP contribution in [0.15, 0.2) is 68.8 Å². The molecular formula is C24H22N2O6S3. The van der Waals surface area contributed by atoms with E-state index in [4.69, 9.17) is 31.2 Å². The normalized spacial score (nSPS) is 15.2. The zero-order valence-electron chi connectivity index (χ0n) is 18.9. The van der Waals surface area contributed by atoms with Gasteiger partial charge in [-0.3, -0.25) is 9.69 Å². The summed E-state index contributed by atoms with van der Waals surface area (Å²) in [6.45, 7) is 0.428. The van der Waals surface area contributed by atoms with E-state index >= 15 is 0 Å². The third-order valence-electron chi connectivity index (χ3n) is 5.31. The molecule has 0 atom stereocenters. The Hall–Kier alpha value is -3.12. The topological polar surface area (TPSA) is 112 Å². The summed E-state index contributed by atoms with van der Waals surface area (Å²) < 4.78 is 39.8. The van der Waals surface area contributed by atoms with Crippen molar-refractivity contribution >= 4 is 50.3 Å². The predicted octanol–water partition coefficient (Wildman–Crippen LogP) is 4.06. The first-order chi connectivity index (χ1) is 16.7. The van der Waals surface area contributed by atoms with Gasteiger partial charge in [-0.15, -0.1) is 0 Å². The van der Waals surface area contributed by atoms with Crippen LogP contribution >= 0.6 is 24.0 Å². The largest absolute Gasteiger partial charge is 0.493 e. The molecule has 1 saturated heterocycles. The van der Waals surface area contributed by atoms with Crippen molar-refractivity contribution in [2.24, 2.45) is 5.14 Å².